The van der Waals surface area contributed by atoms with Crippen molar-refractivity contribution >= 4 is 38.4 Å². The average Bonchev–Trinajstić information content (AvgIpc) is 2.29. The highest BCUT2D eigenvalue weighted by atomic mass is 79.9. The summed E-state index contributed by atoms with van der Waals surface area (Å²) in [4.78, 5) is 0.348. The van der Waals surface area contributed by atoms with Crippen molar-refractivity contribution in [2.45, 2.75) is 17.9 Å². The Balaban J connectivity index is 0.00000162. The van der Waals surface area contributed by atoms with Gasteiger partial charge in [0.2, 0.25) is 10.0 Å². The minimum atomic E-state index is -3.37. The molecule has 0 unspecified atom stereocenters. The molecule has 0 amide bonds. The number of nitrogens with zero attached hydrogens (tertiary/aromatic N) is 1. The quantitative estimate of drug-likeness (QED) is 0.881. The Hall–Kier alpha value is -0.140. The van der Waals surface area contributed by atoms with Crippen LogP contribution in [0.2, 0.25) is 0 Å². The molecule has 1 N–H and O–H groups in total. The molecule has 102 valence electrons. The second-order valence-electron chi connectivity index (χ2n) is 4.13. The maximum atomic E-state index is 12.4. The first-order valence-electron chi connectivity index (χ1n) is 5.50. The van der Waals surface area contributed by atoms with Crippen molar-refractivity contribution in [2.24, 2.45) is 0 Å². The molecule has 1 heterocycles. The average molecular weight is 356 g/mol. The van der Waals surface area contributed by atoms with Gasteiger partial charge in [-0.3, -0.25) is 0 Å². The molecule has 0 aliphatic carbocycles. The van der Waals surface area contributed by atoms with Gasteiger partial charge in [-0.1, -0.05) is 22.0 Å². The molecule has 1 aromatic carbocycles. The molecule has 4 nitrogen and oxygen atoms in total. The molecule has 1 fully saturated rings. The monoisotopic (exact) mass is 354 g/mol. The van der Waals surface area contributed by atoms with E-state index in [9.17, 15) is 8.42 Å². The Kier molecular flexibility index (Phi) is 5.61. The van der Waals surface area contributed by atoms with E-state index in [2.05, 4.69) is 21.2 Å². The van der Waals surface area contributed by atoms with Crippen LogP contribution in [-0.4, -0.2) is 38.4 Å². The van der Waals surface area contributed by atoms with Gasteiger partial charge in [0, 0.05) is 30.1 Å². The second-order valence-corrected chi connectivity index (χ2v) is 6.93. The molecule has 1 atom stereocenters. The highest BCUT2D eigenvalue weighted by Gasteiger charge is 2.30. The number of piperazine rings is 1. The van der Waals surface area contributed by atoms with Crippen LogP contribution in [0.5, 0.6) is 0 Å². The Morgan fingerprint density at radius 1 is 1.44 bits per heavy atom. The first-order chi connectivity index (χ1) is 8.01. The third kappa shape index (κ3) is 3.24. The third-order valence-corrected chi connectivity index (χ3v) is 5.35. The standard InChI is InChI=1S/C11H15BrN2O2S.ClH/c1-9-8-13-5-6-14(9)17(15,16)11-4-2-3-10(12)7-11;/h2-4,7,9,13H,5-6,8H2,1H3;1H/t9-;/m0./s1. The Labute approximate surface area is 122 Å². The minimum Gasteiger partial charge on any atom is -0.314 e. The van der Waals surface area contributed by atoms with E-state index in [-0.39, 0.29) is 18.4 Å². The summed E-state index contributed by atoms with van der Waals surface area (Å²) in [6, 6.07) is 6.83. The smallest absolute Gasteiger partial charge is 0.243 e. The van der Waals surface area contributed by atoms with Gasteiger partial charge in [0.15, 0.2) is 0 Å². The van der Waals surface area contributed by atoms with Crippen LogP contribution >= 0.6 is 28.3 Å². The summed E-state index contributed by atoms with van der Waals surface area (Å²) in [5.74, 6) is 0. The van der Waals surface area contributed by atoms with Crippen LogP contribution < -0.4 is 5.32 Å². The van der Waals surface area contributed by atoms with E-state index in [1.807, 2.05) is 13.0 Å². The predicted octanol–water partition coefficient (Wildman–Crippen LogP) is 1.85. The molecular weight excluding hydrogens is 340 g/mol. The third-order valence-electron chi connectivity index (χ3n) is 2.84. The van der Waals surface area contributed by atoms with Gasteiger partial charge in [0.1, 0.15) is 0 Å². The van der Waals surface area contributed by atoms with Crippen molar-refractivity contribution in [3.8, 4) is 0 Å². The fourth-order valence-electron chi connectivity index (χ4n) is 1.94. The van der Waals surface area contributed by atoms with Gasteiger partial charge in [-0.15, -0.1) is 12.4 Å². The fourth-order valence-corrected chi connectivity index (χ4v) is 4.17. The normalized spacial score (nSPS) is 21.3. The first kappa shape index (κ1) is 15.9. The van der Waals surface area contributed by atoms with Crippen molar-refractivity contribution in [2.75, 3.05) is 19.6 Å². The highest BCUT2D eigenvalue weighted by molar-refractivity contribution is 9.10. The lowest BCUT2D eigenvalue weighted by molar-refractivity contribution is 0.284. The molecule has 0 radical (unpaired) electrons. The number of rotatable bonds is 2. The molecule has 7 heteroatoms. The van der Waals surface area contributed by atoms with E-state index in [0.29, 0.717) is 24.5 Å². The SMILES string of the molecule is C[C@H]1CNCCN1S(=O)(=O)c1cccc(Br)c1.Cl. The zero-order valence-corrected chi connectivity index (χ0v) is 13.2. The molecule has 0 aromatic heterocycles. The van der Waals surface area contributed by atoms with E-state index in [4.69, 9.17) is 0 Å². The molecule has 0 saturated carbocycles. The number of sulfonamides is 1. The van der Waals surface area contributed by atoms with Gasteiger partial charge in [-0.25, -0.2) is 8.42 Å². The molecule has 0 spiro atoms. The van der Waals surface area contributed by atoms with Crippen molar-refractivity contribution in [3.63, 3.8) is 0 Å². The number of hydrogen-bond acceptors (Lipinski definition) is 3. The van der Waals surface area contributed by atoms with E-state index in [1.165, 1.54) is 0 Å². The molecule has 2 rings (SSSR count). The highest BCUT2D eigenvalue weighted by Crippen LogP contribution is 2.22. The van der Waals surface area contributed by atoms with Crippen LogP contribution in [0, 0.1) is 0 Å². The van der Waals surface area contributed by atoms with Gasteiger partial charge < -0.3 is 5.32 Å². The van der Waals surface area contributed by atoms with Crippen LogP contribution in [0.3, 0.4) is 0 Å². The number of halogens is 2. The second kappa shape index (κ2) is 6.34. The predicted molar refractivity (Wildman–Crippen MR) is 77.6 cm³/mol. The summed E-state index contributed by atoms with van der Waals surface area (Å²) in [6.07, 6.45) is 0. The topological polar surface area (TPSA) is 49.4 Å². The van der Waals surface area contributed by atoms with Crippen LogP contribution in [0.15, 0.2) is 33.6 Å². The molecule has 1 saturated heterocycles. The summed E-state index contributed by atoms with van der Waals surface area (Å²) in [6.45, 7) is 3.85. The number of nitrogens with one attached hydrogen (secondary N) is 1. The first-order valence-corrected chi connectivity index (χ1v) is 7.73. The van der Waals surface area contributed by atoms with Crippen molar-refractivity contribution < 1.29 is 8.42 Å². The Morgan fingerprint density at radius 3 is 2.78 bits per heavy atom. The van der Waals surface area contributed by atoms with E-state index in [1.54, 1.807) is 22.5 Å². The fraction of sp³-hybridized carbons (Fsp3) is 0.455. The zero-order chi connectivity index (χ0) is 12.5. The van der Waals surface area contributed by atoms with Gasteiger partial charge >= 0.3 is 0 Å². The summed E-state index contributed by atoms with van der Waals surface area (Å²) in [5, 5.41) is 3.18. The summed E-state index contributed by atoms with van der Waals surface area (Å²) in [7, 11) is -3.37. The zero-order valence-electron chi connectivity index (χ0n) is 9.97. The van der Waals surface area contributed by atoms with E-state index >= 15 is 0 Å². The molecular formula is C11H16BrClN2O2S. The van der Waals surface area contributed by atoms with Gasteiger partial charge in [-0.05, 0) is 25.1 Å². The maximum absolute atomic E-state index is 12.4. The molecule has 1 aromatic rings. The Morgan fingerprint density at radius 2 is 2.17 bits per heavy atom. The lowest BCUT2D eigenvalue weighted by atomic mass is 10.3. The number of benzene rings is 1. The molecule has 1 aliphatic heterocycles. The maximum Gasteiger partial charge on any atom is 0.243 e. The lowest BCUT2D eigenvalue weighted by Crippen LogP contribution is -2.52. The van der Waals surface area contributed by atoms with Gasteiger partial charge in [-0.2, -0.15) is 4.31 Å². The minimum absolute atomic E-state index is 0. The van der Waals surface area contributed by atoms with Crippen molar-refractivity contribution in [3.05, 3.63) is 28.7 Å². The van der Waals surface area contributed by atoms with Crippen LogP contribution in [0.25, 0.3) is 0 Å². The van der Waals surface area contributed by atoms with Crippen LogP contribution in [0.4, 0.5) is 0 Å². The van der Waals surface area contributed by atoms with Crippen molar-refractivity contribution in [1.82, 2.24) is 9.62 Å². The summed E-state index contributed by atoms with van der Waals surface area (Å²) in [5.41, 5.74) is 0. The summed E-state index contributed by atoms with van der Waals surface area (Å²) < 4.78 is 27.2. The Bertz CT molecular complexity index is 510. The van der Waals surface area contributed by atoms with Gasteiger partial charge in [0.25, 0.3) is 0 Å². The molecule has 1 aliphatic rings. The molecule has 18 heavy (non-hydrogen) atoms. The number of hydrogen-bond donors (Lipinski definition) is 1. The largest absolute Gasteiger partial charge is 0.314 e. The van der Waals surface area contributed by atoms with Crippen LogP contribution in [-0.2, 0) is 10.0 Å². The summed E-state index contributed by atoms with van der Waals surface area (Å²) >= 11 is 3.30. The van der Waals surface area contributed by atoms with Gasteiger partial charge in [0.05, 0.1) is 4.90 Å². The van der Waals surface area contributed by atoms with E-state index < -0.39 is 10.0 Å². The van der Waals surface area contributed by atoms with Crippen LogP contribution in [0.1, 0.15) is 6.92 Å². The molecule has 0 bridgehead atoms. The lowest BCUT2D eigenvalue weighted by Gasteiger charge is -2.32. The van der Waals surface area contributed by atoms with E-state index in [0.717, 1.165) is 4.47 Å². The van der Waals surface area contributed by atoms with Crippen molar-refractivity contribution in [1.29, 1.82) is 0 Å².